The van der Waals surface area contributed by atoms with Gasteiger partial charge in [0.05, 0.1) is 0 Å². The van der Waals surface area contributed by atoms with E-state index in [0.29, 0.717) is 5.69 Å². The molecule has 1 aliphatic carbocycles. The van der Waals surface area contributed by atoms with E-state index >= 15 is 0 Å². The molecule has 0 aromatic carbocycles. The molecule has 1 saturated carbocycles. The molecule has 6 heteroatoms. The van der Waals surface area contributed by atoms with E-state index in [2.05, 4.69) is 26.2 Å². The lowest BCUT2D eigenvalue weighted by atomic mass is 9.85. The SMILES string of the molecule is NC(=O)C1CCC(NC(=O)c2ccc(Br)cn2)CC1. The van der Waals surface area contributed by atoms with Crippen LogP contribution in [0.2, 0.25) is 0 Å². The Hall–Kier alpha value is -1.43. The van der Waals surface area contributed by atoms with E-state index in [-0.39, 0.29) is 23.8 Å². The summed E-state index contributed by atoms with van der Waals surface area (Å²) in [5, 5.41) is 2.95. The lowest BCUT2D eigenvalue weighted by Gasteiger charge is -2.27. The Morgan fingerprint density at radius 1 is 1.26 bits per heavy atom. The van der Waals surface area contributed by atoms with Gasteiger partial charge in [0.25, 0.3) is 5.91 Å². The summed E-state index contributed by atoms with van der Waals surface area (Å²) in [6.45, 7) is 0. The summed E-state index contributed by atoms with van der Waals surface area (Å²) >= 11 is 3.28. The minimum atomic E-state index is -0.237. The first-order valence-corrected chi connectivity index (χ1v) is 7.07. The van der Waals surface area contributed by atoms with E-state index in [1.54, 1.807) is 18.3 Å². The van der Waals surface area contributed by atoms with Crippen molar-refractivity contribution in [2.75, 3.05) is 0 Å². The molecule has 1 aliphatic rings. The molecule has 0 bridgehead atoms. The van der Waals surface area contributed by atoms with Gasteiger partial charge in [-0.3, -0.25) is 9.59 Å². The zero-order valence-corrected chi connectivity index (χ0v) is 12.0. The Morgan fingerprint density at radius 2 is 1.95 bits per heavy atom. The van der Waals surface area contributed by atoms with E-state index in [0.717, 1.165) is 30.2 Å². The Balaban J connectivity index is 1.87. The highest BCUT2D eigenvalue weighted by Crippen LogP contribution is 2.24. The van der Waals surface area contributed by atoms with Gasteiger partial charge in [-0.05, 0) is 53.7 Å². The Kier molecular flexibility index (Phi) is 4.52. The number of pyridine rings is 1. The first kappa shape index (κ1) is 14.0. The summed E-state index contributed by atoms with van der Waals surface area (Å²) in [4.78, 5) is 27.1. The molecule has 0 unspecified atom stereocenters. The topological polar surface area (TPSA) is 85.1 Å². The van der Waals surface area contributed by atoms with Crippen LogP contribution in [0.3, 0.4) is 0 Å². The molecule has 0 aliphatic heterocycles. The van der Waals surface area contributed by atoms with E-state index in [1.165, 1.54) is 0 Å². The molecular formula is C13H16BrN3O2. The third-order valence-corrected chi connectivity index (χ3v) is 3.89. The Bertz CT molecular complexity index is 467. The van der Waals surface area contributed by atoms with Gasteiger partial charge in [-0.25, -0.2) is 4.98 Å². The second kappa shape index (κ2) is 6.14. The van der Waals surface area contributed by atoms with Crippen LogP contribution in [0.25, 0.3) is 0 Å². The summed E-state index contributed by atoms with van der Waals surface area (Å²) < 4.78 is 0.839. The van der Waals surface area contributed by atoms with Gasteiger partial charge in [-0.15, -0.1) is 0 Å². The van der Waals surface area contributed by atoms with E-state index in [4.69, 9.17) is 5.73 Å². The molecular weight excluding hydrogens is 310 g/mol. The summed E-state index contributed by atoms with van der Waals surface area (Å²) in [7, 11) is 0. The number of nitrogens with two attached hydrogens (primary N) is 1. The fraction of sp³-hybridized carbons (Fsp3) is 0.462. The number of carbonyl (C=O) groups is 2. The lowest BCUT2D eigenvalue weighted by Crippen LogP contribution is -2.40. The van der Waals surface area contributed by atoms with Gasteiger partial charge in [0.2, 0.25) is 5.91 Å². The minimum Gasteiger partial charge on any atom is -0.369 e. The van der Waals surface area contributed by atoms with Gasteiger partial charge < -0.3 is 11.1 Å². The number of aromatic nitrogens is 1. The standard InChI is InChI=1S/C13H16BrN3O2/c14-9-3-6-11(16-7-9)13(19)17-10-4-1-8(2-5-10)12(15)18/h3,6-8,10H,1-2,4-5H2,(H2,15,18)(H,17,19). The molecule has 0 saturated heterocycles. The van der Waals surface area contributed by atoms with Crippen LogP contribution in [-0.2, 0) is 4.79 Å². The third kappa shape index (κ3) is 3.76. The highest BCUT2D eigenvalue weighted by Gasteiger charge is 2.25. The second-order valence-electron chi connectivity index (χ2n) is 4.79. The number of hydrogen-bond donors (Lipinski definition) is 2. The fourth-order valence-corrected chi connectivity index (χ4v) is 2.53. The number of hydrogen-bond acceptors (Lipinski definition) is 3. The Morgan fingerprint density at radius 3 is 2.47 bits per heavy atom. The van der Waals surface area contributed by atoms with E-state index in [9.17, 15) is 9.59 Å². The average Bonchev–Trinajstić information content (AvgIpc) is 2.40. The van der Waals surface area contributed by atoms with Crippen molar-refractivity contribution < 1.29 is 9.59 Å². The van der Waals surface area contributed by atoms with Crippen molar-refractivity contribution in [3.05, 3.63) is 28.5 Å². The molecule has 2 amide bonds. The van der Waals surface area contributed by atoms with Crippen molar-refractivity contribution >= 4 is 27.7 Å². The van der Waals surface area contributed by atoms with Crippen LogP contribution in [0.1, 0.15) is 36.2 Å². The molecule has 1 aromatic heterocycles. The quantitative estimate of drug-likeness (QED) is 0.885. The van der Waals surface area contributed by atoms with Crippen molar-refractivity contribution in [3.63, 3.8) is 0 Å². The zero-order chi connectivity index (χ0) is 13.8. The molecule has 1 heterocycles. The van der Waals surface area contributed by atoms with E-state index < -0.39 is 0 Å². The number of nitrogens with zero attached hydrogens (tertiary/aromatic N) is 1. The van der Waals surface area contributed by atoms with Crippen molar-refractivity contribution in [2.45, 2.75) is 31.7 Å². The first-order chi connectivity index (χ1) is 9.06. The number of halogens is 1. The van der Waals surface area contributed by atoms with E-state index in [1.807, 2.05) is 0 Å². The number of carbonyl (C=O) groups excluding carboxylic acids is 2. The summed E-state index contributed by atoms with van der Waals surface area (Å²) in [5.41, 5.74) is 5.68. The number of rotatable bonds is 3. The van der Waals surface area contributed by atoms with Crippen LogP contribution in [-0.4, -0.2) is 22.8 Å². The van der Waals surface area contributed by atoms with Gasteiger partial charge in [-0.1, -0.05) is 0 Å². The maximum absolute atomic E-state index is 12.0. The largest absolute Gasteiger partial charge is 0.369 e. The van der Waals surface area contributed by atoms with Gasteiger partial charge in [0.1, 0.15) is 5.69 Å². The molecule has 0 spiro atoms. The van der Waals surface area contributed by atoms with Crippen molar-refractivity contribution in [2.24, 2.45) is 11.7 Å². The molecule has 1 fully saturated rings. The predicted octanol–water partition coefficient (Wildman–Crippen LogP) is 1.62. The minimum absolute atomic E-state index is 0.0426. The summed E-state index contributed by atoms with van der Waals surface area (Å²) in [5.74, 6) is -0.451. The first-order valence-electron chi connectivity index (χ1n) is 6.28. The highest BCUT2D eigenvalue weighted by molar-refractivity contribution is 9.10. The van der Waals surface area contributed by atoms with Crippen LogP contribution in [0.5, 0.6) is 0 Å². The third-order valence-electron chi connectivity index (χ3n) is 3.42. The Labute approximate surface area is 120 Å². The maximum atomic E-state index is 12.0. The summed E-state index contributed by atoms with van der Waals surface area (Å²) in [6, 6.07) is 3.56. The molecule has 0 atom stereocenters. The molecule has 102 valence electrons. The predicted molar refractivity (Wildman–Crippen MR) is 74.3 cm³/mol. The van der Waals surface area contributed by atoms with Gasteiger partial charge in [0.15, 0.2) is 0 Å². The lowest BCUT2D eigenvalue weighted by molar-refractivity contribution is -0.122. The maximum Gasteiger partial charge on any atom is 0.270 e. The molecule has 5 nitrogen and oxygen atoms in total. The van der Waals surface area contributed by atoms with Crippen LogP contribution in [0.15, 0.2) is 22.8 Å². The molecule has 0 radical (unpaired) electrons. The normalized spacial score (nSPS) is 22.8. The van der Waals surface area contributed by atoms with Crippen LogP contribution in [0, 0.1) is 5.92 Å². The smallest absolute Gasteiger partial charge is 0.270 e. The highest BCUT2D eigenvalue weighted by atomic mass is 79.9. The molecule has 1 aromatic rings. The molecule has 19 heavy (non-hydrogen) atoms. The van der Waals surface area contributed by atoms with Crippen molar-refractivity contribution in [1.29, 1.82) is 0 Å². The van der Waals surface area contributed by atoms with Gasteiger partial charge in [0, 0.05) is 22.6 Å². The number of amides is 2. The van der Waals surface area contributed by atoms with Crippen LogP contribution >= 0.6 is 15.9 Å². The number of nitrogens with one attached hydrogen (secondary N) is 1. The van der Waals surface area contributed by atoms with Gasteiger partial charge >= 0.3 is 0 Å². The van der Waals surface area contributed by atoms with Crippen molar-refractivity contribution in [3.8, 4) is 0 Å². The van der Waals surface area contributed by atoms with Crippen LogP contribution in [0.4, 0.5) is 0 Å². The van der Waals surface area contributed by atoms with Crippen LogP contribution < -0.4 is 11.1 Å². The monoisotopic (exact) mass is 325 g/mol. The molecule has 3 N–H and O–H groups in total. The summed E-state index contributed by atoms with van der Waals surface area (Å²) in [6.07, 6.45) is 4.66. The number of primary amides is 1. The fourth-order valence-electron chi connectivity index (χ4n) is 2.29. The van der Waals surface area contributed by atoms with Crippen molar-refractivity contribution in [1.82, 2.24) is 10.3 Å². The second-order valence-corrected chi connectivity index (χ2v) is 5.70. The average molecular weight is 326 g/mol. The zero-order valence-electron chi connectivity index (χ0n) is 10.4. The molecule has 2 rings (SSSR count). The van der Waals surface area contributed by atoms with Gasteiger partial charge in [-0.2, -0.15) is 0 Å².